The Morgan fingerprint density at radius 2 is 1.00 bits per heavy atom. The molecule has 5 nitrogen and oxygen atoms in total. The maximum absolute atomic E-state index is 10.3. The number of hydrogen-bond donors (Lipinski definition) is 1. The molecule has 6 heteroatoms. The minimum Gasteiger partial charge on any atom is -0.481 e. The van der Waals surface area contributed by atoms with Crippen LogP contribution >= 0.6 is 0 Å². The average molecular weight is 671 g/mol. The van der Waals surface area contributed by atoms with Crippen LogP contribution in [0.4, 0.5) is 0 Å². The molecule has 46 heavy (non-hydrogen) atoms. The number of unbranched alkanes of at least 4 members (excludes halogenated alkanes) is 14. The fraction of sp³-hybridized carbons (Fsp3) is 0.450. The first kappa shape index (κ1) is 38.8. The minimum atomic E-state index is -0.653. The largest absolute Gasteiger partial charge is 0.481 e. The maximum atomic E-state index is 10.3. The van der Waals surface area contributed by atoms with Crippen molar-refractivity contribution < 1.29 is 27.0 Å². The number of aromatic nitrogens is 3. The first-order valence-electron chi connectivity index (χ1n) is 17.2. The van der Waals surface area contributed by atoms with E-state index in [1.165, 1.54) is 89.0 Å². The van der Waals surface area contributed by atoms with Gasteiger partial charge in [-0.1, -0.05) is 139 Å². The SMILES string of the molecule is CCCCCCCCCCCCCCCCCC(=O)O.Cc1ccc(-c2cc(-c3ccccn3)nc(-c3ccccn3)c2)cc1.[Cu]. The summed E-state index contributed by atoms with van der Waals surface area (Å²) in [5.74, 6) is -0.653. The zero-order valence-corrected chi connectivity index (χ0v) is 28.8. The molecule has 0 bridgehead atoms. The molecule has 0 fully saturated rings. The van der Waals surface area contributed by atoms with Crippen molar-refractivity contribution in [2.45, 2.75) is 117 Å². The van der Waals surface area contributed by atoms with E-state index in [9.17, 15) is 4.79 Å². The summed E-state index contributed by atoms with van der Waals surface area (Å²) in [6.45, 7) is 4.36. The molecule has 0 aliphatic carbocycles. The predicted molar refractivity (Wildman–Crippen MR) is 188 cm³/mol. The third-order valence-electron chi connectivity index (χ3n) is 8.06. The first-order chi connectivity index (χ1) is 22.1. The van der Waals surface area contributed by atoms with Gasteiger partial charge in [0.2, 0.25) is 0 Å². The molecular weight excluding hydrogens is 618 g/mol. The molecule has 4 aromatic rings. The van der Waals surface area contributed by atoms with Crippen LogP contribution in [0.1, 0.15) is 115 Å². The summed E-state index contributed by atoms with van der Waals surface area (Å²) in [5.41, 5.74) is 6.91. The van der Waals surface area contributed by atoms with E-state index in [4.69, 9.17) is 10.1 Å². The molecule has 0 amide bonds. The Balaban J connectivity index is 0.000000323. The molecular formula is C40H53CuN3O2. The van der Waals surface area contributed by atoms with Crippen LogP contribution in [0.3, 0.4) is 0 Å². The molecule has 1 radical (unpaired) electrons. The van der Waals surface area contributed by atoms with Crippen molar-refractivity contribution in [3.05, 3.63) is 90.8 Å². The van der Waals surface area contributed by atoms with Gasteiger partial charge in [-0.3, -0.25) is 14.8 Å². The molecule has 251 valence electrons. The van der Waals surface area contributed by atoms with Crippen molar-refractivity contribution in [2.24, 2.45) is 0 Å². The summed E-state index contributed by atoms with van der Waals surface area (Å²) in [5, 5.41) is 8.52. The molecule has 0 saturated carbocycles. The van der Waals surface area contributed by atoms with Crippen molar-refractivity contribution in [1.29, 1.82) is 0 Å². The number of pyridine rings is 3. The number of carbonyl (C=O) groups is 1. The van der Waals surface area contributed by atoms with Gasteiger partial charge in [0, 0.05) is 35.9 Å². The van der Waals surface area contributed by atoms with E-state index in [1.54, 1.807) is 12.4 Å². The number of aryl methyl sites for hydroxylation is 1. The topological polar surface area (TPSA) is 76.0 Å². The summed E-state index contributed by atoms with van der Waals surface area (Å²) in [4.78, 5) is 24.0. The fourth-order valence-electron chi connectivity index (χ4n) is 5.38. The van der Waals surface area contributed by atoms with E-state index in [2.05, 4.69) is 60.2 Å². The van der Waals surface area contributed by atoms with Gasteiger partial charge in [0.25, 0.3) is 0 Å². The summed E-state index contributed by atoms with van der Waals surface area (Å²) in [6, 6.07) is 24.4. The van der Waals surface area contributed by atoms with Gasteiger partial charge in [-0.2, -0.15) is 0 Å². The van der Waals surface area contributed by atoms with E-state index >= 15 is 0 Å². The third-order valence-corrected chi connectivity index (χ3v) is 8.06. The summed E-state index contributed by atoms with van der Waals surface area (Å²) < 4.78 is 0. The van der Waals surface area contributed by atoms with E-state index < -0.39 is 5.97 Å². The summed E-state index contributed by atoms with van der Waals surface area (Å²) >= 11 is 0. The Morgan fingerprint density at radius 1 is 0.565 bits per heavy atom. The molecule has 0 saturated heterocycles. The van der Waals surface area contributed by atoms with Gasteiger partial charge in [-0.05, 0) is 60.9 Å². The van der Waals surface area contributed by atoms with Crippen LogP contribution in [0.2, 0.25) is 0 Å². The van der Waals surface area contributed by atoms with Gasteiger partial charge in [0.05, 0.1) is 22.8 Å². The molecule has 3 aromatic heterocycles. The Hall–Kier alpha value is -3.34. The van der Waals surface area contributed by atoms with Gasteiger partial charge in [-0.25, -0.2) is 4.98 Å². The van der Waals surface area contributed by atoms with Crippen LogP contribution in [-0.4, -0.2) is 26.0 Å². The van der Waals surface area contributed by atoms with Crippen LogP contribution in [0.25, 0.3) is 33.9 Å². The number of aliphatic carboxylic acids is 1. The Morgan fingerprint density at radius 3 is 1.39 bits per heavy atom. The zero-order valence-electron chi connectivity index (χ0n) is 27.9. The first-order valence-corrected chi connectivity index (χ1v) is 17.2. The van der Waals surface area contributed by atoms with Crippen molar-refractivity contribution in [3.63, 3.8) is 0 Å². The Labute approximate surface area is 288 Å². The zero-order chi connectivity index (χ0) is 32.0. The normalized spacial score (nSPS) is 10.5. The smallest absolute Gasteiger partial charge is 0.303 e. The Kier molecular flexibility index (Phi) is 20.2. The van der Waals surface area contributed by atoms with E-state index in [0.717, 1.165) is 46.7 Å². The van der Waals surface area contributed by atoms with E-state index in [1.807, 2.05) is 36.4 Å². The number of nitrogens with zero attached hydrogens (tertiary/aromatic N) is 3. The molecule has 3 heterocycles. The van der Waals surface area contributed by atoms with Gasteiger partial charge >= 0.3 is 5.97 Å². The molecule has 0 aliphatic heterocycles. The number of hydrogen-bond acceptors (Lipinski definition) is 4. The summed E-state index contributed by atoms with van der Waals surface area (Å²) in [7, 11) is 0. The van der Waals surface area contributed by atoms with E-state index in [0.29, 0.717) is 6.42 Å². The van der Waals surface area contributed by atoms with Crippen LogP contribution in [-0.2, 0) is 21.9 Å². The van der Waals surface area contributed by atoms with E-state index in [-0.39, 0.29) is 17.1 Å². The van der Waals surface area contributed by atoms with Gasteiger partial charge in [0.15, 0.2) is 0 Å². The van der Waals surface area contributed by atoms with Crippen LogP contribution in [0, 0.1) is 6.92 Å². The summed E-state index contributed by atoms with van der Waals surface area (Å²) in [6.07, 6.45) is 23.8. The Bertz CT molecular complexity index is 1290. The second kappa shape index (κ2) is 23.9. The van der Waals surface area contributed by atoms with Gasteiger partial charge in [0.1, 0.15) is 0 Å². The molecule has 0 spiro atoms. The minimum absolute atomic E-state index is 0. The van der Waals surface area contributed by atoms with Gasteiger partial charge in [-0.15, -0.1) is 0 Å². The second-order valence-corrected chi connectivity index (χ2v) is 12.0. The molecule has 0 unspecified atom stereocenters. The predicted octanol–water partition coefficient (Wildman–Crippen LogP) is 11.5. The molecule has 0 atom stereocenters. The molecule has 1 N–H and O–H groups in total. The second-order valence-electron chi connectivity index (χ2n) is 12.0. The fourth-order valence-corrected chi connectivity index (χ4v) is 5.38. The number of carboxylic acid groups (broad SMARTS) is 1. The number of rotatable bonds is 19. The standard InChI is InChI=1S/C22H17N3.C18H36O2.Cu/c1-16-8-10-17(11-9-16)18-14-21(19-6-2-4-12-23-19)25-22(15-18)20-7-3-5-13-24-20;1-2-3-4-5-6-7-8-9-10-11-12-13-14-15-16-17-18(19)20;/h2-15H,1H3;2-17H2,1H3,(H,19,20);. The van der Waals surface area contributed by atoms with Crippen molar-refractivity contribution >= 4 is 5.97 Å². The third kappa shape index (κ3) is 15.8. The molecule has 0 aliphatic rings. The maximum Gasteiger partial charge on any atom is 0.303 e. The monoisotopic (exact) mass is 670 g/mol. The van der Waals surface area contributed by atoms with Crippen LogP contribution < -0.4 is 0 Å². The number of carboxylic acids is 1. The van der Waals surface area contributed by atoms with Gasteiger partial charge < -0.3 is 5.11 Å². The quantitative estimate of drug-likeness (QED) is 0.0793. The van der Waals surface area contributed by atoms with Crippen molar-refractivity contribution in [3.8, 4) is 33.9 Å². The van der Waals surface area contributed by atoms with Crippen molar-refractivity contribution in [2.75, 3.05) is 0 Å². The molecule has 4 rings (SSSR count). The van der Waals surface area contributed by atoms with Crippen LogP contribution in [0.15, 0.2) is 85.2 Å². The molecule has 1 aromatic carbocycles. The average Bonchev–Trinajstić information content (AvgIpc) is 3.07. The van der Waals surface area contributed by atoms with Crippen LogP contribution in [0.5, 0.6) is 0 Å². The van der Waals surface area contributed by atoms with Crippen molar-refractivity contribution in [1.82, 2.24) is 15.0 Å². The number of benzene rings is 1.